The van der Waals surface area contributed by atoms with Gasteiger partial charge in [0.25, 0.3) is 0 Å². The molecule has 2 N–H and O–H groups in total. The molecule has 1 aromatic carbocycles. The van der Waals surface area contributed by atoms with Crippen molar-refractivity contribution in [2.75, 3.05) is 0 Å². The lowest BCUT2D eigenvalue weighted by molar-refractivity contribution is 0.641. The van der Waals surface area contributed by atoms with Gasteiger partial charge in [-0.15, -0.1) is 0 Å². The summed E-state index contributed by atoms with van der Waals surface area (Å²) in [6, 6.07) is 10.3. The van der Waals surface area contributed by atoms with Gasteiger partial charge in [-0.05, 0) is 43.5 Å². The molecule has 0 spiro atoms. The molecule has 0 saturated carbocycles. The van der Waals surface area contributed by atoms with Crippen LogP contribution in [0, 0.1) is 6.92 Å². The predicted octanol–water partition coefficient (Wildman–Crippen LogP) is 4.47. The van der Waals surface area contributed by atoms with Crippen LogP contribution in [-0.4, -0.2) is 11.0 Å². The Morgan fingerprint density at radius 2 is 2.15 bits per heavy atom. The maximum atomic E-state index is 6.18. The normalized spacial score (nSPS) is 12.4. The molecule has 106 valence electrons. The van der Waals surface area contributed by atoms with Crippen molar-refractivity contribution in [3.63, 3.8) is 0 Å². The number of hydrogen-bond donors (Lipinski definition) is 1. The number of aromatic nitrogens is 1. The molecule has 2 nitrogen and oxygen atoms in total. The molecule has 0 aliphatic rings. The summed E-state index contributed by atoms with van der Waals surface area (Å²) in [6.07, 6.45) is 3.62. The Kier molecular flexibility index (Phi) is 5.46. The lowest BCUT2D eigenvalue weighted by Gasteiger charge is -2.14. The standard InChI is InChI=1S/C16H19ClN2S/c1-3-13(18)10-12-9-11(2)6-7-15(12)20-16-14(17)5-4-8-19-16/h4-9,13H,3,10,18H2,1-2H3. The molecule has 4 heteroatoms. The molecule has 2 aromatic rings. The van der Waals surface area contributed by atoms with E-state index in [1.807, 2.05) is 12.1 Å². The maximum absolute atomic E-state index is 6.18. The predicted molar refractivity (Wildman–Crippen MR) is 86.5 cm³/mol. The van der Waals surface area contributed by atoms with Gasteiger partial charge in [-0.2, -0.15) is 0 Å². The first kappa shape index (κ1) is 15.4. The Morgan fingerprint density at radius 1 is 1.35 bits per heavy atom. The highest BCUT2D eigenvalue weighted by Gasteiger charge is 2.11. The van der Waals surface area contributed by atoms with Gasteiger partial charge in [0.05, 0.1) is 5.02 Å². The van der Waals surface area contributed by atoms with Crippen LogP contribution in [0.3, 0.4) is 0 Å². The second kappa shape index (κ2) is 7.11. The third-order valence-corrected chi connectivity index (χ3v) is 4.71. The Bertz CT molecular complexity index is 586. The fourth-order valence-corrected chi connectivity index (χ4v) is 3.08. The molecule has 1 heterocycles. The van der Waals surface area contributed by atoms with Gasteiger partial charge in [0.1, 0.15) is 5.03 Å². The summed E-state index contributed by atoms with van der Waals surface area (Å²) in [5.41, 5.74) is 8.62. The SMILES string of the molecule is CCC(N)Cc1cc(C)ccc1Sc1ncccc1Cl. The molecule has 0 fully saturated rings. The van der Waals surface area contributed by atoms with E-state index in [0.29, 0.717) is 5.02 Å². The van der Waals surface area contributed by atoms with Gasteiger partial charge in [0.2, 0.25) is 0 Å². The number of halogens is 1. The van der Waals surface area contributed by atoms with E-state index < -0.39 is 0 Å². The highest BCUT2D eigenvalue weighted by molar-refractivity contribution is 7.99. The molecule has 0 saturated heterocycles. The van der Waals surface area contributed by atoms with Crippen molar-refractivity contribution in [2.24, 2.45) is 5.73 Å². The van der Waals surface area contributed by atoms with Crippen molar-refractivity contribution in [1.82, 2.24) is 4.98 Å². The van der Waals surface area contributed by atoms with Crippen LogP contribution in [0.25, 0.3) is 0 Å². The Morgan fingerprint density at radius 3 is 2.85 bits per heavy atom. The van der Waals surface area contributed by atoms with Crippen molar-refractivity contribution < 1.29 is 0 Å². The zero-order valence-electron chi connectivity index (χ0n) is 11.8. The van der Waals surface area contributed by atoms with Crippen LogP contribution in [0.4, 0.5) is 0 Å². The van der Waals surface area contributed by atoms with E-state index >= 15 is 0 Å². The van der Waals surface area contributed by atoms with E-state index in [2.05, 4.69) is 37.0 Å². The Hall–Kier alpha value is -1.03. The minimum atomic E-state index is 0.190. The zero-order valence-corrected chi connectivity index (χ0v) is 13.3. The van der Waals surface area contributed by atoms with Crippen LogP contribution in [0.5, 0.6) is 0 Å². The molecule has 0 amide bonds. The average Bonchev–Trinajstić information content (AvgIpc) is 2.44. The fraction of sp³-hybridized carbons (Fsp3) is 0.312. The van der Waals surface area contributed by atoms with Crippen LogP contribution < -0.4 is 5.73 Å². The summed E-state index contributed by atoms with van der Waals surface area (Å²) in [6.45, 7) is 4.21. The second-order valence-electron chi connectivity index (χ2n) is 4.88. The first-order chi connectivity index (χ1) is 9.60. The van der Waals surface area contributed by atoms with Crippen molar-refractivity contribution in [1.29, 1.82) is 0 Å². The summed E-state index contributed by atoms with van der Waals surface area (Å²) >= 11 is 7.79. The van der Waals surface area contributed by atoms with Gasteiger partial charge in [-0.1, -0.05) is 48.0 Å². The molecular weight excluding hydrogens is 288 g/mol. The van der Waals surface area contributed by atoms with Gasteiger partial charge >= 0.3 is 0 Å². The maximum Gasteiger partial charge on any atom is 0.119 e. The Balaban J connectivity index is 2.29. The van der Waals surface area contributed by atoms with Crippen molar-refractivity contribution >= 4 is 23.4 Å². The van der Waals surface area contributed by atoms with Crippen LogP contribution in [0.15, 0.2) is 46.5 Å². The molecule has 0 aliphatic heterocycles. The van der Waals surface area contributed by atoms with Crippen LogP contribution in [-0.2, 0) is 6.42 Å². The second-order valence-corrected chi connectivity index (χ2v) is 6.31. The number of nitrogens with zero attached hydrogens (tertiary/aromatic N) is 1. The monoisotopic (exact) mass is 306 g/mol. The number of aryl methyl sites for hydroxylation is 1. The van der Waals surface area contributed by atoms with Gasteiger partial charge in [-0.25, -0.2) is 4.98 Å². The number of benzene rings is 1. The third-order valence-electron chi connectivity index (χ3n) is 3.15. The number of hydrogen-bond acceptors (Lipinski definition) is 3. The molecule has 0 radical (unpaired) electrons. The van der Waals surface area contributed by atoms with E-state index in [1.54, 1.807) is 18.0 Å². The molecule has 1 aromatic heterocycles. The molecule has 1 unspecified atom stereocenters. The van der Waals surface area contributed by atoms with E-state index in [9.17, 15) is 0 Å². The number of nitrogens with two attached hydrogens (primary N) is 1. The molecule has 1 atom stereocenters. The lowest BCUT2D eigenvalue weighted by atomic mass is 10.0. The van der Waals surface area contributed by atoms with Gasteiger partial charge < -0.3 is 5.73 Å². The molecular formula is C16H19ClN2S. The van der Waals surface area contributed by atoms with Gasteiger partial charge in [0.15, 0.2) is 0 Å². The average molecular weight is 307 g/mol. The summed E-state index contributed by atoms with van der Waals surface area (Å²) in [5.74, 6) is 0. The highest BCUT2D eigenvalue weighted by atomic mass is 35.5. The summed E-state index contributed by atoms with van der Waals surface area (Å²) in [7, 11) is 0. The quantitative estimate of drug-likeness (QED) is 0.885. The fourth-order valence-electron chi connectivity index (χ4n) is 1.94. The first-order valence-electron chi connectivity index (χ1n) is 6.73. The smallest absolute Gasteiger partial charge is 0.119 e. The van der Waals surface area contributed by atoms with E-state index in [-0.39, 0.29) is 6.04 Å². The topological polar surface area (TPSA) is 38.9 Å². The zero-order chi connectivity index (χ0) is 14.5. The molecule has 2 rings (SSSR count). The van der Waals surface area contributed by atoms with Crippen molar-refractivity contribution in [2.45, 2.75) is 42.7 Å². The Labute approximate surface area is 129 Å². The van der Waals surface area contributed by atoms with Gasteiger partial charge in [0, 0.05) is 17.1 Å². The van der Waals surface area contributed by atoms with Crippen molar-refractivity contribution in [3.05, 3.63) is 52.7 Å². The van der Waals surface area contributed by atoms with E-state index in [0.717, 1.165) is 17.9 Å². The molecule has 0 bridgehead atoms. The van der Waals surface area contributed by atoms with Crippen LogP contribution in [0.1, 0.15) is 24.5 Å². The highest BCUT2D eigenvalue weighted by Crippen LogP contribution is 2.34. The van der Waals surface area contributed by atoms with Crippen LogP contribution in [0.2, 0.25) is 5.02 Å². The van der Waals surface area contributed by atoms with Crippen LogP contribution >= 0.6 is 23.4 Å². The number of rotatable bonds is 5. The molecule has 20 heavy (non-hydrogen) atoms. The minimum Gasteiger partial charge on any atom is -0.327 e. The largest absolute Gasteiger partial charge is 0.327 e. The summed E-state index contributed by atoms with van der Waals surface area (Å²) in [5, 5.41) is 1.52. The summed E-state index contributed by atoms with van der Waals surface area (Å²) < 4.78 is 0. The van der Waals surface area contributed by atoms with Gasteiger partial charge in [-0.3, -0.25) is 0 Å². The minimum absolute atomic E-state index is 0.190. The van der Waals surface area contributed by atoms with E-state index in [4.69, 9.17) is 17.3 Å². The first-order valence-corrected chi connectivity index (χ1v) is 7.93. The third kappa shape index (κ3) is 3.98. The molecule has 0 aliphatic carbocycles. The summed E-state index contributed by atoms with van der Waals surface area (Å²) in [4.78, 5) is 5.52. The lowest BCUT2D eigenvalue weighted by Crippen LogP contribution is -2.21. The van der Waals surface area contributed by atoms with Crippen molar-refractivity contribution in [3.8, 4) is 0 Å². The van der Waals surface area contributed by atoms with E-state index in [1.165, 1.54) is 16.0 Å². The number of pyridine rings is 1.